The summed E-state index contributed by atoms with van der Waals surface area (Å²) >= 11 is 0. The van der Waals surface area contributed by atoms with Gasteiger partial charge in [-0.05, 0) is 30.9 Å². The number of rotatable bonds is 2. The molecule has 1 heterocycles. The fraction of sp³-hybridized carbons (Fsp3) is 0.556. The summed E-state index contributed by atoms with van der Waals surface area (Å²) < 4.78 is 5.84. The molecule has 3 unspecified atom stereocenters. The molecule has 0 radical (unpaired) electrons. The van der Waals surface area contributed by atoms with E-state index in [1.807, 2.05) is 18.2 Å². The molecule has 3 rings (SSSR count). The molecule has 1 saturated carbocycles. The number of nitrogens with zero attached hydrogens (tertiary/aromatic N) is 1. The molecule has 2 aliphatic rings. The number of carbonyl (C=O) groups excluding carboxylic acids is 2. The molecule has 5 nitrogen and oxygen atoms in total. The van der Waals surface area contributed by atoms with Crippen molar-refractivity contribution < 1.29 is 14.3 Å². The van der Waals surface area contributed by atoms with Crippen LogP contribution in [0.2, 0.25) is 0 Å². The Hall–Kier alpha value is -2.04. The first-order valence-electron chi connectivity index (χ1n) is 8.40. The number of anilines is 1. The minimum atomic E-state index is -0.650. The molecule has 1 fully saturated rings. The Labute approximate surface area is 137 Å². The summed E-state index contributed by atoms with van der Waals surface area (Å²) in [6, 6.07) is 7.56. The van der Waals surface area contributed by atoms with Crippen LogP contribution >= 0.6 is 0 Å². The Balaban J connectivity index is 1.73. The highest BCUT2D eigenvalue weighted by Gasteiger charge is 2.34. The van der Waals surface area contributed by atoms with Crippen LogP contribution in [0.4, 0.5) is 5.69 Å². The van der Waals surface area contributed by atoms with Crippen LogP contribution in [0.25, 0.3) is 0 Å². The summed E-state index contributed by atoms with van der Waals surface area (Å²) in [5, 5.41) is 3.13. The molecular formula is C18H24N2O3. The van der Waals surface area contributed by atoms with E-state index in [1.54, 1.807) is 11.0 Å². The molecule has 0 bridgehead atoms. The molecule has 23 heavy (non-hydrogen) atoms. The van der Waals surface area contributed by atoms with Crippen LogP contribution in [0.15, 0.2) is 24.3 Å². The average Bonchev–Trinajstić information content (AvgIpc) is 2.55. The third-order valence-electron chi connectivity index (χ3n) is 4.89. The van der Waals surface area contributed by atoms with Crippen molar-refractivity contribution in [2.75, 3.05) is 11.4 Å². The predicted molar refractivity (Wildman–Crippen MR) is 88.4 cm³/mol. The van der Waals surface area contributed by atoms with Crippen molar-refractivity contribution in [3.8, 4) is 5.75 Å². The van der Waals surface area contributed by atoms with Crippen molar-refractivity contribution in [3.63, 3.8) is 0 Å². The summed E-state index contributed by atoms with van der Waals surface area (Å²) in [6.07, 6.45) is 3.91. The van der Waals surface area contributed by atoms with Gasteiger partial charge in [-0.1, -0.05) is 31.9 Å². The fourth-order valence-corrected chi connectivity index (χ4v) is 3.48. The first-order valence-corrected chi connectivity index (χ1v) is 8.40. The van der Waals surface area contributed by atoms with Gasteiger partial charge < -0.3 is 15.0 Å². The maximum Gasteiger partial charge on any atom is 0.263 e. The second kappa shape index (κ2) is 6.60. The molecule has 1 aromatic carbocycles. The van der Waals surface area contributed by atoms with Crippen molar-refractivity contribution in [2.45, 2.75) is 51.7 Å². The zero-order chi connectivity index (χ0) is 16.4. The quantitative estimate of drug-likeness (QED) is 0.912. The van der Waals surface area contributed by atoms with Gasteiger partial charge in [-0.15, -0.1) is 0 Å². The van der Waals surface area contributed by atoms with Gasteiger partial charge in [0.2, 0.25) is 5.91 Å². The van der Waals surface area contributed by atoms with Crippen LogP contribution in [-0.2, 0) is 9.59 Å². The molecule has 2 amide bonds. The van der Waals surface area contributed by atoms with Gasteiger partial charge in [-0.25, -0.2) is 0 Å². The highest BCUT2D eigenvalue weighted by Crippen LogP contribution is 2.33. The van der Waals surface area contributed by atoms with Gasteiger partial charge >= 0.3 is 0 Å². The van der Waals surface area contributed by atoms with E-state index in [2.05, 4.69) is 12.2 Å². The zero-order valence-electron chi connectivity index (χ0n) is 13.7. The van der Waals surface area contributed by atoms with Gasteiger partial charge in [0.15, 0.2) is 6.10 Å². The van der Waals surface area contributed by atoms with Gasteiger partial charge in [0.05, 0.1) is 12.2 Å². The molecule has 3 atom stereocenters. The number of ether oxygens (including phenoxy) is 1. The number of carbonyl (C=O) groups is 2. The van der Waals surface area contributed by atoms with Crippen LogP contribution in [0.1, 0.15) is 39.5 Å². The number of nitrogens with one attached hydrogen (secondary N) is 1. The lowest BCUT2D eigenvalue weighted by molar-refractivity contribution is -0.129. The Morgan fingerprint density at radius 1 is 1.22 bits per heavy atom. The molecule has 1 aliphatic carbocycles. The lowest BCUT2D eigenvalue weighted by Crippen LogP contribution is -2.53. The van der Waals surface area contributed by atoms with E-state index in [0.29, 0.717) is 11.7 Å². The molecule has 5 heteroatoms. The summed E-state index contributed by atoms with van der Waals surface area (Å²) in [7, 11) is 0. The third kappa shape index (κ3) is 3.33. The van der Waals surface area contributed by atoms with E-state index in [-0.39, 0.29) is 24.4 Å². The summed E-state index contributed by atoms with van der Waals surface area (Å²) in [5.74, 6) is 0.882. The Bertz CT molecular complexity index is 602. The Morgan fingerprint density at radius 3 is 2.70 bits per heavy atom. The molecular weight excluding hydrogens is 292 g/mol. The Morgan fingerprint density at radius 2 is 1.96 bits per heavy atom. The van der Waals surface area contributed by atoms with Crippen LogP contribution < -0.4 is 15.0 Å². The van der Waals surface area contributed by atoms with E-state index in [4.69, 9.17) is 4.74 Å². The minimum absolute atomic E-state index is 0.0791. The smallest absolute Gasteiger partial charge is 0.263 e. The summed E-state index contributed by atoms with van der Waals surface area (Å²) in [6.45, 7) is 3.96. The summed E-state index contributed by atoms with van der Waals surface area (Å²) in [5.41, 5.74) is 0.732. The SMILES string of the molecule is CC(=O)N1CC(C(=O)NC2CCCCC2C)Oc2ccccc21. The number of para-hydroxylation sites is 2. The van der Waals surface area contributed by atoms with Gasteiger partial charge in [0, 0.05) is 13.0 Å². The first-order chi connectivity index (χ1) is 11.1. The predicted octanol–water partition coefficient (Wildman–Crippen LogP) is 2.50. The lowest BCUT2D eigenvalue weighted by Gasteiger charge is -2.35. The standard InChI is InChI=1S/C18H24N2O3/c1-12-7-3-4-8-14(12)19-18(22)17-11-20(13(2)21)15-9-5-6-10-16(15)23-17/h5-6,9-10,12,14,17H,3-4,7-8,11H2,1-2H3,(H,19,22). The highest BCUT2D eigenvalue weighted by atomic mass is 16.5. The van der Waals surface area contributed by atoms with Crippen molar-refractivity contribution in [3.05, 3.63) is 24.3 Å². The van der Waals surface area contributed by atoms with Crippen LogP contribution in [-0.4, -0.2) is 30.5 Å². The lowest BCUT2D eigenvalue weighted by atomic mass is 9.86. The monoisotopic (exact) mass is 316 g/mol. The molecule has 1 aromatic rings. The van der Waals surface area contributed by atoms with E-state index >= 15 is 0 Å². The average molecular weight is 316 g/mol. The van der Waals surface area contributed by atoms with E-state index < -0.39 is 6.10 Å². The van der Waals surface area contributed by atoms with Crippen LogP contribution in [0.5, 0.6) is 5.75 Å². The van der Waals surface area contributed by atoms with Crippen LogP contribution in [0, 0.1) is 5.92 Å². The minimum Gasteiger partial charge on any atom is -0.477 e. The third-order valence-corrected chi connectivity index (χ3v) is 4.89. The molecule has 1 N–H and O–H groups in total. The maximum atomic E-state index is 12.6. The Kier molecular flexibility index (Phi) is 4.55. The van der Waals surface area contributed by atoms with E-state index in [1.165, 1.54) is 13.3 Å². The van der Waals surface area contributed by atoms with Gasteiger partial charge in [-0.2, -0.15) is 0 Å². The first kappa shape index (κ1) is 15.8. The number of benzene rings is 1. The number of hydrogen-bond donors (Lipinski definition) is 1. The molecule has 0 saturated heterocycles. The molecule has 0 aromatic heterocycles. The van der Waals surface area contributed by atoms with E-state index in [9.17, 15) is 9.59 Å². The molecule has 0 spiro atoms. The van der Waals surface area contributed by atoms with Gasteiger partial charge in [0.1, 0.15) is 5.75 Å². The largest absolute Gasteiger partial charge is 0.477 e. The fourth-order valence-electron chi connectivity index (χ4n) is 3.48. The van der Waals surface area contributed by atoms with Crippen molar-refractivity contribution in [2.24, 2.45) is 5.92 Å². The topological polar surface area (TPSA) is 58.6 Å². The van der Waals surface area contributed by atoms with Gasteiger partial charge in [0.25, 0.3) is 5.91 Å². The second-order valence-corrected chi connectivity index (χ2v) is 6.58. The van der Waals surface area contributed by atoms with Crippen molar-refractivity contribution in [1.29, 1.82) is 0 Å². The van der Waals surface area contributed by atoms with Gasteiger partial charge in [-0.3, -0.25) is 9.59 Å². The molecule has 1 aliphatic heterocycles. The number of fused-ring (bicyclic) bond motifs is 1. The normalized spacial score (nSPS) is 26.9. The maximum absolute atomic E-state index is 12.6. The van der Waals surface area contributed by atoms with Crippen LogP contribution in [0.3, 0.4) is 0 Å². The zero-order valence-corrected chi connectivity index (χ0v) is 13.7. The van der Waals surface area contributed by atoms with E-state index in [0.717, 1.165) is 24.9 Å². The van der Waals surface area contributed by atoms with Crippen molar-refractivity contribution in [1.82, 2.24) is 5.32 Å². The summed E-state index contributed by atoms with van der Waals surface area (Å²) in [4.78, 5) is 26.1. The molecule has 124 valence electrons. The second-order valence-electron chi connectivity index (χ2n) is 6.58. The van der Waals surface area contributed by atoms with Crippen molar-refractivity contribution >= 4 is 17.5 Å². The number of hydrogen-bond acceptors (Lipinski definition) is 3. The number of amides is 2. The highest BCUT2D eigenvalue weighted by molar-refractivity contribution is 5.95.